The Labute approximate surface area is 114 Å². The fourth-order valence-electron chi connectivity index (χ4n) is 2.75. The van der Waals surface area contributed by atoms with E-state index >= 15 is 0 Å². The van der Waals surface area contributed by atoms with Gasteiger partial charge in [0.25, 0.3) is 0 Å². The second kappa shape index (κ2) is 5.25. The lowest BCUT2D eigenvalue weighted by Gasteiger charge is -2.04. The number of hydrogen-bond acceptors (Lipinski definition) is 2. The number of methoxy groups -OCH3 is 1. The molecule has 0 aliphatic heterocycles. The Balaban J connectivity index is 1.75. The maximum absolute atomic E-state index is 5.45. The smallest absolute Gasteiger partial charge is 0.143 e. The first-order chi connectivity index (χ1) is 9.29. The normalized spacial score (nSPS) is 15.1. The molecule has 1 aliphatic carbocycles. The van der Waals surface area contributed by atoms with Gasteiger partial charge in [-0.25, -0.2) is 0 Å². The number of nitrogens with one attached hydrogen (secondary N) is 1. The van der Waals surface area contributed by atoms with Crippen LogP contribution in [0.5, 0.6) is 5.75 Å². The summed E-state index contributed by atoms with van der Waals surface area (Å²) in [5.74, 6) is 0.961. The second-order valence-corrected chi connectivity index (χ2v) is 5.45. The van der Waals surface area contributed by atoms with Crippen LogP contribution in [0.1, 0.15) is 24.8 Å². The Bertz CT molecular complexity index is 569. The van der Waals surface area contributed by atoms with Crippen molar-refractivity contribution in [2.75, 3.05) is 13.7 Å². The fourth-order valence-corrected chi connectivity index (χ4v) is 2.75. The van der Waals surface area contributed by atoms with Gasteiger partial charge in [-0.3, -0.25) is 0 Å². The molecule has 0 saturated heterocycles. The molecule has 1 aliphatic rings. The third kappa shape index (κ3) is 2.61. The van der Waals surface area contributed by atoms with Crippen LogP contribution in [0.15, 0.2) is 24.4 Å². The van der Waals surface area contributed by atoms with Crippen molar-refractivity contribution in [3.05, 3.63) is 30.0 Å². The second-order valence-electron chi connectivity index (χ2n) is 5.45. The van der Waals surface area contributed by atoms with E-state index in [0.29, 0.717) is 0 Å². The van der Waals surface area contributed by atoms with Crippen LogP contribution < -0.4 is 10.1 Å². The zero-order valence-corrected chi connectivity index (χ0v) is 11.8. The van der Waals surface area contributed by atoms with Crippen LogP contribution in [0.25, 0.3) is 10.9 Å². The summed E-state index contributed by atoms with van der Waals surface area (Å²) in [5, 5.41) is 4.90. The molecule has 1 N–H and O–H groups in total. The molecule has 1 saturated carbocycles. The zero-order chi connectivity index (χ0) is 13.2. The maximum Gasteiger partial charge on any atom is 0.143 e. The van der Waals surface area contributed by atoms with Gasteiger partial charge in [-0.1, -0.05) is 12.1 Å². The number of hydrogen-bond donors (Lipinski definition) is 1. The van der Waals surface area contributed by atoms with E-state index in [1.54, 1.807) is 7.11 Å². The van der Waals surface area contributed by atoms with Crippen molar-refractivity contribution < 1.29 is 4.74 Å². The van der Waals surface area contributed by atoms with Gasteiger partial charge in [0.15, 0.2) is 0 Å². The Morgan fingerprint density at radius 2 is 2.21 bits per heavy atom. The summed E-state index contributed by atoms with van der Waals surface area (Å²) >= 11 is 0. The Hall–Kier alpha value is -1.48. The molecule has 1 aromatic heterocycles. The van der Waals surface area contributed by atoms with E-state index in [1.807, 2.05) is 6.07 Å². The highest BCUT2D eigenvalue weighted by Crippen LogP contribution is 2.29. The van der Waals surface area contributed by atoms with E-state index in [9.17, 15) is 0 Å². The lowest BCUT2D eigenvalue weighted by Crippen LogP contribution is -2.17. The topological polar surface area (TPSA) is 26.2 Å². The first kappa shape index (κ1) is 12.5. The number of nitrogens with zero attached hydrogens (tertiary/aromatic N) is 1. The molecule has 1 aromatic carbocycles. The average molecular weight is 258 g/mol. The number of aryl methyl sites for hydroxylation is 2. The fraction of sp³-hybridized carbons (Fsp3) is 0.500. The number of benzene rings is 1. The first-order valence-corrected chi connectivity index (χ1v) is 7.14. The number of rotatable bonds is 6. The van der Waals surface area contributed by atoms with Crippen molar-refractivity contribution in [1.82, 2.24) is 9.88 Å². The molecule has 102 valence electrons. The van der Waals surface area contributed by atoms with E-state index in [1.165, 1.54) is 35.7 Å². The number of fused-ring (bicyclic) bond motifs is 1. The molecule has 0 radical (unpaired) electrons. The third-order valence-electron chi connectivity index (χ3n) is 3.90. The van der Waals surface area contributed by atoms with Gasteiger partial charge >= 0.3 is 0 Å². The molecule has 3 nitrogen and oxygen atoms in total. The standard InChI is InChI=1S/C16H22N2O/c1-18-11-12(5-4-10-17-13-8-9-13)14-6-3-7-15(19-2)16(14)18/h3,6-7,11,13,17H,4-5,8-10H2,1-2H3. The maximum atomic E-state index is 5.45. The van der Waals surface area contributed by atoms with E-state index in [2.05, 4.69) is 35.3 Å². The largest absolute Gasteiger partial charge is 0.495 e. The van der Waals surface area contributed by atoms with E-state index in [-0.39, 0.29) is 0 Å². The molecule has 2 aromatic rings. The summed E-state index contributed by atoms with van der Waals surface area (Å²) in [5.41, 5.74) is 2.63. The quantitative estimate of drug-likeness (QED) is 0.806. The highest BCUT2D eigenvalue weighted by atomic mass is 16.5. The van der Waals surface area contributed by atoms with E-state index in [4.69, 9.17) is 4.74 Å². The Morgan fingerprint density at radius 1 is 1.37 bits per heavy atom. The van der Waals surface area contributed by atoms with Gasteiger partial charge in [-0.05, 0) is 43.9 Å². The van der Waals surface area contributed by atoms with Crippen LogP contribution in [0.4, 0.5) is 0 Å². The summed E-state index contributed by atoms with van der Waals surface area (Å²) in [7, 11) is 3.83. The number of ether oxygens (including phenoxy) is 1. The highest BCUT2D eigenvalue weighted by Gasteiger charge is 2.19. The van der Waals surface area contributed by atoms with Gasteiger partial charge < -0.3 is 14.6 Å². The van der Waals surface area contributed by atoms with Crippen molar-refractivity contribution in [3.8, 4) is 5.75 Å². The minimum atomic E-state index is 0.813. The zero-order valence-electron chi connectivity index (χ0n) is 11.8. The Kier molecular flexibility index (Phi) is 3.47. The molecule has 0 atom stereocenters. The summed E-state index contributed by atoms with van der Waals surface area (Å²) in [4.78, 5) is 0. The van der Waals surface area contributed by atoms with Crippen molar-refractivity contribution >= 4 is 10.9 Å². The van der Waals surface area contributed by atoms with Crippen molar-refractivity contribution in [2.24, 2.45) is 7.05 Å². The van der Waals surface area contributed by atoms with Gasteiger partial charge in [0.1, 0.15) is 5.75 Å². The van der Waals surface area contributed by atoms with Gasteiger partial charge in [-0.2, -0.15) is 0 Å². The molecule has 19 heavy (non-hydrogen) atoms. The molecule has 0 bridgehead atoms. The predicted molar refractivity (Wildman–Crippen MR) is 78.8 cm³/mol. The van der Waals surface area contributed by atoms with Crippen LogP contribution >= 0.6 is 0 Å². The third-order valence-corrected chi connectivity index (χ3v) is 3.90. The van der Waals surface area contributed by atoms with Gasteiger partial charge in [0.2, 0.25) is 0 Å². The summed E-state index contributed by atoms with van der Waals surface area (Å²) < 4.78 is 7.63. The van der Waals surface area contributed by atoms with E-state index < -0.39 is 0 Å². The van der Waals surface area contributed by atoms with Crippen LogP contribution in [-0.2, 0) is 13.5 Å². The highest BCUT2D eigenvalue weighted by molar-refractivity contribution is 5.89. The Morgan fingerprint density at radius 3 is 2.95 bits per heavy atom. The molecule has 1 heterocycles. The van der Waals surface area contributed by atoms with Crippen LogP contribution in [0.3, 0.4) is 0 Å². The van der Waals surface area contributed by atoms with Crippen LogP contribution in [-0.4, -0.2) is 24.3 Å². The minimum Gasteiger partial charge on any atom is -0.495 e. The molecular weight excluding hydrogens is 236 g/mol. The first-order valence-electron chi connectivity index (χ1n) is 7.14. The average Bonchev–Trinajstić information content (AvgIpc) is 3.20. The SMILES string of the molecule is COc1cccc2c(CCCNC3CC3)cn(C)c12. The van der Waals surface area contributed by atoms with Gasteiger partial charge in [0.05, 0.1) is 12.6 Å². The van der Waals surface area contributed by atoms with Crippen molar-refractivity contribution in [1.29, 1.82) is 0 Å². The molecular formula is C16H22N2O. The summed E-state index contributed by atoms with van der Waals surface area (Å²) in [6, 6.07) is 7.11. The van der Waals surface area contributed by atoms with Gasteiger partial charge in [0, 0.05) is 24.7 Å². The molecule has 1 fully saturated rings. The van der Waals surface area contributed by atoms with Crippen LogP contribution in [0.2, 0.25) is 0 Å². The van der Waals surface area contributed by atoms with Gasteiger partial charge in [-0.15, -0.1) is 0 Å². The molecule has 3 heteroatoms. The van der Waals surface area contributed by atoms with Crippen molar-refractivity contribution in [2.45, 2.75) is 31.7 Å². The molecule has 3 rings (SSSR count). The molecule has 0 spiro atoms. The predicted octanol–water partition coefficient (Wildman–Crippen LogP) is 2.87. The van der Waals surface area contributed by atoms with Crippen LogP contribution in [0, 0.1) is 0 Å². The lowest BCUT2D eigenvalue weighted by atomic mass is 10.1. The number of para-hydroxylation sites is 1. The number of aromatic nitrogens is 1. The summed E-state index contributed by atoms with van der Waals surface area (Å²) in [6.45, 7) is 1.13. The molecule has 0 unspecified atom stereocenters. The molecule has 0 amide bonds. The van der Waals surface area contributed by atoms with E-state index in [0.717, 1.165) is 24.8 Å². The van der Waals surface area contributed by atoms with Crippen molar-refractivity contribution in [3.63, 3.8) is 0 Å². The lowest BCUT2D eigenvalue weighted by molar-refractivity contribution is 0.418. The summed E-state index contributed by atoms with van der Waals surface area (Å²) in [6.07, 6.45) is 7.30. The minimum absolute atomic E-state index is 0.813. The monoisotopic (exact) mass is 258 g/mol.